The Hall–Kier alpha value is -1.06. The van der Waals surface area contributed by atoms with Gasteiger partial charge >= 0.3 is 11.9 Å². The van der Waals surface area contributed by atoms with Gasteiger partial charge in [-0.2, -0.15) is 0 Å². The van der Waals surface area contributed by atoms with Crippen molar-refractivity contribution < 1.29 is 19.1 Å². The molecule has 0 aromatic carbocycles. The quantitative estimate of drug-likeness (QED) is 0.369. The zero-order valence-corrected chi connectivity index (χ0v) is 15.7. The van der Waals surface area contributed by atoms with E-state index in [0.717, 1.165) is 51.4 Å². The van der Waals surface area contributed by atoms with Gasteiger partial charge in [0.15, 0.2) is 0 Å². The van der Waals surface area contributed by atoms with E-state index in [-0.39, 0.29) is 11.9 Å². The molecule has 0 aliphatic heterocycles. The van der Waals surface area contributed by atoms with Gasteiger partial charge in [-0.1, -0.05) is 52.4 Å². The van der Waals surface area contributed by atoms with Gasteiger partial charge in [-0.15, -0.1) is 0 Å². The number of ether oxygens (including phenoxy) is 2. The first-order valence-electron chi connectivity index (χ1n) is 9.98. The molecule has 0 heterocycles. The van der Waals surface area contributed by atoms with E-state index in [9.17, 15) is 9.59 Å². The van der Waals surface area contributed by atoms with Crippen LogP contribution >= 0.6 is 0 Å². The maximum atomic E-state index is 11.8. The van der Waals surface area contributed by atoms with E-state index < -0.39 is 0 Å². The number of hydrogen-bond acceptors (Lipinski definition) is 4. The fraction of sp³-hybridized carbons (Fsp3) is 0.900. The van der Waals surface area contributed by atoms with E-state index in [2.05, 4.69) is 13.8 Å². The summed E-state index contributed by atoms with van der Waals surface area (Å²) >= 11 is 0. The molecular formula is C20H36O4. The molecular weight excluding hydrogens is 304 g/mol. The van der Waals surface area contributed by atoms with E-state index in [4.69, 9.17) is 9.47 Å². The Bertz CT molecular complexity index is 320. The molecule has 140 valence electrons. The molecule has 2 atom stereocenters. The maximum Gasteiger partial charge on any atom is 0.305 e. The largest absolute Gasteiger partial charge is 0.465 e. The third-order valence-electron chi connectivity index (χ3n) is 4.95. The van der Waals surface area contributed by atoms with Crippen molar-refractivity contribution in [3.8, 4) is 0 Å². The second kappa shape index (κ2) is 13.3. The van der Waals surface area contributed by atoms with Crippen molar-refractivity contribution in [2.45, 2.75) is 90.9 Å². The highest BCUT2D eigenvalue weighted by Crippen LogP contribution is 2.30. The van der Waals surface area contributed by atoms with Crippen LogP contribution in [0.1, 0.15) is 90.9 Å². The van der Waals surface area contributed by atoms with Crippen molar-refractivity contribution in [3.05, 3.63) is 0 Å². The monoisotopic (exact) mass is 340 g/mol. The Kier molecular flexibility index (Phi) is 11.6. The van der Waals surface area contributed by atoms with Crippen molar-refractivity contribution in [2.24, 2.45) is 11.8 Å². The second-order valence-corrected chi connectivity index (χ2v) is 7.08. The first-order chi connectivity index (χ1) is 11.7. The Labute approximate surface area is 147 Å². The molecule has 1 aliphatic carbocycles. The van der Waals surface area contributed by atoms with Crippen LogP contribution in [0, 0.1) is 11.8 Å². The molecule has 24 heavy (non-hydrogen) atoms. The van der Waals surface area contributed by atoms with Crippen molar-refractivity contribution in [2.75, 3.05) is 13.2 Å². The van der Waals surface area contributed by atoms with Gasteiger partial charge < -0.3 is 9.47 Å². The van der Waals surface area contributed by atoms with Crippen LogP contribution in [0.25, 0.3) is 0 Å². The van der Waals surface area contributed by atoms with Crippen molar-refractivity contribution in [1.82, 2.24) is 0 Å². The van der Waals surface area contributed by atoms with Crippen LogP contribution in [-0.4, -0.2) is 25.2 Å². The summed E-state index contributed by atoms with van der Waals surface area (Å²) < 4.78 is 10.9. The third kappa shape index (κ3) is 9.29. The third-order valence-corrected chi connectivity index (χ3v) is 4.95. The number of esters is 2. The number of carbonyl (C=O) groups is 2. The first-order valence-corrected chi connectivity index (χ1v) is 9.98. The molecule has 0 aromatic heterocycles. The summed E-state index contributed by atoms with van der Waals surface area (Å²) in [7, 11) is 0. The average molecular weight is 341 g/mol. The highest BCUT2D eigenvalue weighted by molar-refractivity contribution is 5.69. The molecule has 0 amide bonds. The van der Waals surface area contributed by atoms with Gasteiger partial charge in [0, 0.05) is 12.8 Å². The minimum Gasteiger partial charge on any atom is -0.465 e. The summed E-state index contributed by atoms with van der Waals surface area (Å²) in [5.41, 5.74) is 0. The Morgan fingerprint density at radius 3 is 1.54 bits per heavy atom. The lowest BCUT2D eigenvalue weighted by molar-refractivity contribution is -0.150. The van der Waals surface area contributed by atoms with Gasteiger partial charge in [-0.3, -0.25) is 9.59 Å². The zero-order chi connectivity index (χ0) is 17.6. The van der Waals surface area contributed by atoms with Gasteiger partial charge in [0.1, 0.15) is 0 Å². The summed E-state index contributed by atoms with van der Waals surface area (Å²) in [4.78, 5) is 23.5. The smallest absolute Gasteiger partial charge is 0.305 e. The standard InChI is InChI=1S/C20H36O4/c1-3-5-7-13-19(21)23-15-17-11-9-10-12-18(17)16-24-20(22)14-8-6-4-2/h17-18H,3-16H2,1-2H3. The van der Waals surface area contributed by atoms with E-state index in [1.54, 1.807) is 0 Å². The SMILES string of the molecule is CCCCCC(=O)OCC1CCCCC1COC(=O)CCCCC. The van der Waals surface area contributed by atoms with Crippen LogP contribution < -0.4 is 0 Å². The van der Waals surface area contributed by atoms with Crippen molar-refractivity contribution >= 4 is 11.9 Å². The summed E-state index contributed by atoms with van der Waals surface area (Å²) in [6.07, 6.45) is 11.8. The molecule has 0 saturated heterocycles. The second-order valence-electron chi connectivity index (χ2n) is 7.08. The Morgan fingerprint density at radius 1 is 0.750 bits per heavy atom. The van der Waals surface area contributed by atoms with Gasteiger partial charge in [-0.25, -0.2) is 0 Å². The lowest BCUT2D eigenvalue weighted by Gasteiger charge is -2.30. The van der Waals surface area contributed by atoms with E-state index in [1.807, 2.05) is 0 Å². The van der Waals surface area contributed by atoms with Gasteiger partial charge in [0.25, 0.3) is 0 Å². The minimum absolute atomic E-state index is 0.0793. The predicted octanol–water partition coefficient (Wildman–Crippen LogP) is 5.04. The average Bonchev–Trinajstić information content (AvgIpc) is 2.59. The number of rotatable bonds is 12. The van der Waals surface area contributed by atoms with Crippen molar-refractivity contribution in [3.63, 3.8) is 0 Å². The molecule has 0 aromatic rings. The number of unbranched alkanes of at least 4 members (excludes halogenated alkanes) is 4. The predicted molar refractivity (Wildman–Crippen MR) is 95.7 cm³/mol. The Balaban J connectivity index is 2.26. The first kappa shape index (κ1) is 21.0. The van der Waals surface area contributed by atoms with Crippen LogP contribution in [-0.2, 0) is 19.1 Å². The lowest BCUT2D eigenvalue weighted by atomic mass is 9.80. The normalized spacial score (nSPS) is 20.6. The number of hydrogen-bond donors (Lipinski definition) is 0. The topological polar surface area (TPSA) is 52.6 Å². The summed E-state index contributed by atoms with van der Waals surface area (Å²) in [5.74, 6) is 0.531. The van der Waals surface area contributed by atoms with Crippen LogP contribution in [0.2, 0.25) is 0 Å². The van der Waals surface area contributed by atoms with Gasteiger partial charge in [0.05, 0.1) is 13.2 Å². The molecule has 4 heteroatoms. The van der Waals surface area contributed by atoms with Gasteiger partial charge in [0.2, 0.25) is 0 Å². The Morgan fingerprint density at radius 2 is 1.17 bits per heavy atom. The van der Waals surface area contributed by atoms with Crippen LogP contribution in [0.15, 0.2) is 0 Å². The molecule has 1 aliphatic rings. The number of carbonyl (C=O) groups excluding carboxylic acids is 2. The molecule has 0 bridgehead atoms. The molecule has 1 fully saturated rings. The molecule has 2 unspecified atom stereocenters. The van der Waals surface area contributed by atoms with Crippen LogP contribution in [0.5, 0.6) is 0 Å². The van der Waals surface area contributed by atoms with Crippen LogP contribution in [0.4, 0.5) is 0 Å². The molecule has 0 N–H and O–H groups in total. The summed E-state index contributed by atoms with van der Waals surface area (Å²) in [6, 6.07) is 0. The molecule has 1 rings (SSSR count). The van der Waals surface area contributed by atoms with Crippen LogP contribution in [0.3, 0.4) is 0 Å². The minimum atomic E-state index is -0.0793. The van der Waals surface area contributed by atoms with E-state index in [0.29, 0.717) is 37.9 Å². The molecule has 0 radical (unpaired) electrons. The van der Waals surface area contributed by atoms with E-state index in [1.165, 1.54) is 12.8 Å². The fourth-order valence-electron chi connectivity index (χ4n) is 3.31. The summed E-state index contributed by atoms with van der Waals surface area (Å²) in [5, 5.41) is 0. The molecule has 4 nitrogen and oxygen atoms in total. The molecule has 1 saturated carbocycles. The van der Waals surface area contributed by atoms with E-state index >= 15 is 0 Å². The molecule has 0 spiro atoms. The zero-order valence-electron chi connectivity index (χ0n) is 15.7. The highest BCUT2D eigenvalue weighted by Gasteiger charge is 2.27. The summed E-state index contributed by atoms with van der Waals surface area (Å²) in [6.45, 7) is 5.23. The van der Waals surface area contributed by atoms with Crippen molar-refractivity contribution in [1.29, 1.82) is 0 Å². The lowest BCUT2D eigenvalue weighted by Crippen LogP contribution is -2.29. The van der Waals surface area contributed by atoms with Gasteiger partial charge in [-0.05, 0) is 37.5 Å². The fourth-order valence-corrected chi connectivity index (χ4v) is 3.31. The maximum absolute atomic E-state index is 11.8. The highest BCUT2D eigenvalue weighted by atomic mass is 16.5.